The third-order valence-corrected chi connectivity index (χ3v) is 3.10. The topological polar surface area (TPSA) is 53.4 Å². The highest BCUT2D eigenvalue weighted by molar-refractivity contribution is 5.96. The van der Waals surface area contributed by atoms with E-state index in [-0.39, 0.29) is 11.4 Å². The Morgan fingerprint density at radius 3 is 2.68 bits per heavy atom. The number of alkyl halides is 3. The average molecular weight is 274 g/mol. The number of hydrogen-bond acceptors (Lipinski definition) is 3. The van der Waals surface area contributed by atoms with Crippen molar-refractivity contribution in [3.8, 4) is 0 Å². The summed E-state index contributed by atoms with van der Waals surface area (Å²) >= 11 is 0. The summed E-state index contributed by atoms with van der Waals surface area (Å²) in [5, 5.41) is 9.92. The van der Waals surface area contributed by atoms with Crippen LogP contribution in [0.15, 0.2) is 18.3 Å². The van der Waals surface area contributed by atoms with Crippen LogP contribution in [0.2, 0.25) is 0 Å². The lowest BCUT2D eigenvalue weighted by molar-refractivity contribution is -0.259. The highest BCUT2D eigenvalue weighted by Gasteiger charge is 2.61. The lowest BCUT2D eigenvalue weighted by Gasteiger charge is -2.27. The number of aliphatic hydroxyl groups is 1. The van der Waals surface area contributed by atoms with E-state index in [4.69, 9.17) is 0 Å². The van der Waals surface area contributed by atoms with Gasteiger partial charge in [-0.2, -0.15) is 13.2 Å². The largest absolute Gasteiger partial charge is 0.423 e. The zero-order valence-electron chi connectivity index (χ0n) is 10.4. The minimum absolute atomic E-state index is 0.124. The van der Waals surface area contributed by atoms with Gasteiger partial charge in [0.15, 0.2) is 0 Å². The first kappa shape index (κ1) is 13.8. The van der Waals surface area contributed by atoms with Crippen LogP contribution in [-0.2, 0) is 10.4 Å². The Labute approximate surface area is 107 Å². The molecule has 1 unspecified atom stereocenters. The van der Waals surface area contributed by atoms with Crippen LogP contribution in [0.4, 0.5) is 19.0 Å². The summed E-state index contributed by atoms with van der Waals surface area (Å²) in [6.07, 6.45) is -3.57. The average Bonchev–Trinajstić information content (AvgIpc) is 2.63. The number of carbonyl (C=O) groups excluding carboxylic acids is 1. The van der Waals surface area contributed by atoms with Crippen LogP contribution in [0, 0.1) is 5.92 Å². The van der Waals surface area contributed by atoms with Crippen molar-refractivity contribution < 1.29 is 23.1 Å². The molecule has 1 amide bonds. The van der Waals surface area contributed by atoms with Crippen molar-refractivity contribution in [3.63, 3.8) is 0 Å². The number of halogens is 3. The van der Waals surface area contributed by atoms with E-state index in [1.807, 2.05) is 0 Å². The summed E-state index contributed by atoms with van der Waals surface area (Å²) in [6, 6.07) is 2.45. The smallest absolute Gasteiger partial charge is 0.375 e. The highest BCUT2D eigenvalue weighted by Crippen LogP contribution is 2.47. The first-order valence-corrected chi connectivity index (χ1v) is 5.74. The van der Waals surface area contributed by atoms with Gasteiger partial charge in [-0.25, -0.2) is 4.98 Å². The molecule has 4 nitrogen and oxygen atoms in total. The zero-order chi connectivity index (χ0) is 14.4. The lowest BCUT2D eigenvalue weighted by Crippen LogP contribution is -2.47. The molecule has 0 saturated carbocycles. The number of rotatable bonds is 1. The standard InChI is InChI=1S/C12H13F3N2O2/c1-7(2)10(18)17-6-11(19,12(13,14)15)8-4-3-5-16-9(8)17/h3-5,7,19H,6H2,1-2H3. The van der Waals surface area contributed by atoms with Crippen molar-refractivity contribution in [1.29, 1.82) is 0 Å². The second-order valence-corrected chi connectivity index (χ2v) is 4.81. The maximum atomic E-state index is 13.0. The van der Waals surface area contributed by atoms with Gasteiger partial charge in [-0.1, -0.05) is 19.9 Å². The van der Waals surface area contributed by atoms with E-state index in [9.17, 15) is 23.1 Å². The Bertz CT molecular complexity index is 516. The number of nitrogens with zero attached hydrogens (tertiary/aromatic N) is 2. The van der Waals surface area contributed by atoms with Crippen molar-refractivity contribution in [2.24, 2.45) is 5.92 Å². The predicted molar refractivity (Wildman–Crippen MR) is 61.4 cm³/mol. The van der Waals surface area contributed by atoms with Gasteiger partial charge in [0.05, 0.1) is 6.54 Å². The Balaban J connectivity index is 2.54. The summed E-state index contributed by atoms with van der Waals surface area (Å²) in [6.45, 7) is 2.31. The molecule has 1 N–H and O–H groups in total. The molecule has 104 valence electrons. The number of β-amino-alcohol motifs (C(OH)–C–C–N with tert-alkyl or cyclic N) is 1. The molecule has 1 aromatic rings. The minimum Gasteiger partial charge on any atom is -0.375 e. The van der Waals surface area contributed by atoms with E-state index in [0.29, 0.717) is 0 Å². The molecule has 0 aliphatic carbocycles. The van der Waals surface area contributed by atoms with Crippen molar-refractivity contribution in [1.82, 2.24) is 4.98 Å². The molecule has 2 heterocycles. The molecule has 1 aromatic heterocycles. The van der Waals surface area contributed by atoms with E-state index in [2.05, 4.69) is 4.98 Å². The summed E-state index contributed by atoms with van der Waals surface area (Å²) < 4.78 is 39.1. The number of pyridine rings is 1. The first-order chi connectivity index (χ1) is 8.68. The number of fused-ring (bicyclic) bond motifs is 1. The molecule has 0 bridgehead atoms. The fourth-order valence-corrected chi connectivity index (χ4v) is 2.06. The Kier molecular flexibility index (Phi) is 3.04. The van der Waals surface area contributed by atoms with Crippen LogP contribution in [0.3, 0.4) is 0 Å². The van der Waals surface area contributed by atoms with E-state index in [1.54, 1.807) is 13.8 Å². The van der Waals surface area contributed by atoms with Gasteiger partial charge >= 0.3 is 6.18 Å². The van der Waals surface area contributed by atoms with Gasteiger partial charge in [0.1, 0.15) is 5.82 Å². The van der Waals surface area contributed by atoms with E-state index < -0.39 is 30.1 Å². The molecule has 0 aromatic carbocycles. The van der Waals surface area contributed by atoms with Crippen molar-refractivity contribution >= 4 is 11.7 Å². The number of carbonyl (C=O) groups is 1. The van der Waals surface area contributed by atoms with Gasteiger partial charge in [-0.05, 0) is 6.07 Å². The normalized spacial score (nSPS) is 22.8. The molecule has 0 spiro atoms. The molecule has 2 rings (SSSR count). The molecular weight excluding hydrogens is 261 g/mol. The van der Waals surface area contributed by atoms with Crippen LogP contribution in [-0.4, -0.2) is 28.7 Å². The van der Waals surface area contributed by atoms with Gasteiger partial charge in [-0.15, -0.1) is 0 Å². The number of hydrogen-bond donors (Lipinski definition) is 1. The molecular formula is C12H13F3N2O2. The lowest BCUT2D eigenvalue weighted by atomic mass is 9.97. The highest BCUT2D eigenvalue weighted by atomic mass is 19.4. The predicted octanol–water partition coefficient (Wildman–Crippen LogP) is 1.83. The van der Waals surface area contributed by atoms with Crippen LogP contribution in [0.5, 0.6) is 0 Å². The number of anilines is 1. The monoisotopic (exact) mass is 274 g/mol. The van der Waals surface area contributed by atoms with Crippen LogP contribution >= 0.6 is 0 Å². The number of amides is 1. The second-order valence-electron chi connectivity index (χ2n) is 4.81. The maximum Gasteiger partial charge on any atom is 0.423 e. The zero-order valence-corrected chi connectivity index (χ0v) is 10.4. The molecule has 7 heteroatoms. The van der Waals surface area contributed by atoms with E-state index >= 15 is 0 Å². The van der Waals surface area contributed by atoms with E-state index in [1.165, 1.54) is 12.3 Å². The minimum atomic E-state index is -4.86. The first-order valence-electron chi connectivity index (χ1n) is 5.74. The fraction of sp³-hybridized carbons (Fsp3) is 0.500. The Hall–Kier alpha value is -1.63. The molecule has 19 heavy (non-hydrogen) atoms. The van der Waals surface area contributed by atoms with Crippen molar-refractivity contribution in [2.45, 2.75) is 25.6 Å². The maximum absolute atomic E-state index is 13.0. The van der Waals surface area contributed by atoms with Crippen molar-refractivity contribution in [3.05, 3.63) is 23.9 Å². The second kappa shape index (κ2) is 4.19. The molecule has 0 fully saturated rings. The van der Waals surface area contributed by atoms with Crippen LogP contribution in [0.1, 0.15) is 19.4 Å². The Morgan fingerprint density at radius 2 is 2.16 bits per heavy atom. The fourth-order valence-electron chi connectivity index (χ4n) is 2.06. The molecule has 1 aliphatic rings. The van der Waals surface area contributed by atoms with E-state index in [0.717, 1.165) is 11.0 Å². The molecule has 0 radical (unpaired) electrons. The molecule has 1 atom stereocenters. The quantitative estimate of drug-likeness (QED) is 0.850. The summed E-state index contributed by atoms with van der Waals surface area (Å²) in [7, 11) is 0. The van der Waals surface area contributed by atoms with Gasteiger partial charge in [-0.3, -0.25) is 9.69 Å². The summed E-state index contributed by atoms with van der Waals surface area (Å²) in [5.74, 6) is -1.11. The third-order valence-electron chi connectivity index (χ3n) is 3.10. The summed E-state index contributed by atoms with van der Waals surface area (Å²) in [5.41, 5.74) is -3.43. The summed E-state index contributed by atoms with van der Waals surface area (Å²) in [4.78, 5) is 16.6. The molecule has 0 saturated heterocycles. The van der Waals surface area contributed by atoms with Gasteiger partial charge in [0.25, 0.3) is 0 Å². The SMILES string of the molecule is CC(C)C(=O)N1CC(O)(C(F)(F)F)c2cccnc21. The van der Waals surface area contributed by atoms with Gasteiger partial charge in [0.2, 0.25) is 11.5 Å². The third kappa shape index (κ3) is 1.98. The Morgan fingerprint density at radius 1 is 1.53 bits per heavy atom. The van der Waals surface area contributed by atoms with Crippen LogP contribution < -0.4 is 4.90 Å². The van der Waals surface area contributed by atoms with Crippen LogP contribution in [0.25, 0.3) is 0 Å². The number of aromatic nitrogens is 1. The molecule has 1 aliphatic heterocycles. The van der Waals surface area contributed by atoms with Gasteiger partial charge < -0.3 is 5.11 Å². The van der Waals surface area contributed by atoms with Crippen molar-refractivity contribution in [2.75, 3.05) is 11.4 Å². The van der Waals surface area contributed by atoms with Gasteiger partial charge in [0, 0.05) is 17.7 Å².